The number of aromatic nitrogens is 4. The summed E-state index contributed by atoms with van der Waals surface area (Å²) in [6, 6.07) is 8.01. The number of rotatable bonds is 17. The van der Waals surface area contributed by atoms with Gasteiger partial charge in [0.1, 0.15) is 11.6 Å². The standard InChI is InChI=1S/C27H40N6O/c1-3-16-33(17-4-2)18-6-5-11-28-21-22-7-9-23(10-8-22)27(34)24(19-25-29-12-13-30-25)20-26-31-14-15-32-26/h7-10,12-15,24,28H,3-6,11,16-21H2,1-2H3,(H,29,30)(H,31,32). The molecule has 0 unspecified atom stereocenters. The van der Waals surface area contributed by atoms with E-state index in [2.05, 4.69) is 56.1 Å². The fourth-order valence-corrected chi connectivity index (χ4v) is 4.35. The van der Waals surface area contributed by atoms with Crippen molar-refractivity contribution in [3.63, 3.8) is 0 Å². The quantitative estimate of drug-likeness (QED) is 0.203. The molecule has 0 aliphatic heterocycles. The van der Waals surface area contributed by atoms with E-state index in [1.54, 1.807) is 24.8 Å². The molecule has 2 heterocycles. The summed E-state index contributed by atoms with van der Waals surface area (Å²) < 4.78 is 0. The SMILES string of the molecule is CCCN(CCC)CCCCNCc1ccc(C(=O)C(Cc2ncc[nH]2)Cc2ncc[nH]2)cc1. The van der Waals surface area contributed by atoms with E-state index in [9.17, 15) is 4.79 Å². The second-order valence-corrected chi connectivity index (χ2v) is 8.96. The van der Waals surface area contributed by atoms with Crippen LogP contribution in [0, 0.1) is 5.92 Å². The van der Waals surface area contributed by atoms with E-state index < -0.39 is 0 Å². The van der Waals surface area contributed by atoms with E-state index in [1.165, 1.54) is 50.9 Å². The highest BCUT2D eigenvalue weighted by atomic mass is 16.1. The summed E-state index contributed by atoms with van der Waals surface area (Å²) in [4.78, 5) is 30.7. The molecule has 0 amide bonds. The Labute approximate surface area is 203 Å². The molecule has 0 bridgehead atoms. The van der Waals surface area contributed by atoms with Gasteiger partial charge >= 0.3 is 0 Å². The fraction of sp³-hybridized carbons (Fsp3) is 0.519. The number of aromatic amines is 2. The first kappa shape index (κ1) is 25.8. The van der Waals surface area contributed by atoms with Gasteiger partial charge in [0.25, 0.3) is 0 Å². The maximum Gasteiger partial charge on any atom is 0.166 e. The van der Waals surface area contributed by atoms with Gasteiger partial charge in [0.2, 0.25) is 0 Å². The molecule has 184 valence electrons. The van der Waals surface area contributed by atoms with Crippen LogP contribution >= 0.6 is 0 Å². The van der Waals surface area contributed by atoms with Crippen LogP contribution in [0.5, 0.6) is 0 Å². The number of ketones is 1. The van der Waals surface area contributed by atoms with Crippen molar-refractivity contribution in [1.29, 1.82) is 0 Å². The molecule has 0 atom stereocenters. The van der Waals surface area contributed by atoms with Crippen LogP contribution in [-0.2, 0) is 19.4 Å². The number of hydrogen-bond acceptors (Lipinski definition) is 5. The predicted octanol–water partition coefficient (Wildman–Crippen LogP) is 4.41. The number of H-pyrrole nitrogens is 2. The van der Waals surface area contributed by atoms with Crippen LogP contribution in [0.3, 0.4) is 0 Å². The molecule has 2 aromatic heterocycles. The third-order valence-corrected chi connectivity index (χ3v) is 6.09. The lowest BCUT2D eigenvalue weighted by Gasteiger charge is -2.20. The Morgan fingerprint density at radius 2 is 1.53 bits per heavy atom. The smallest absolute Gasteiger partial charge is 0.166 e. The molecule has 3 N–H and O–H groups in total. The van der Waals surface area contributed by atoms with Crippen molar-refractivity contribution in [3.8, 4) is 0 Å². The molecular formula is C27H40N6O. The fourth-order valence-electron chi connectivity index (χ4n) is 4.35. The lowest BCUT2D eigenvalue weighted by molar-refractivity contribution is 0.0915. The molecular weight excluding hydrogens is 424 g/mol. The zero-order chi connectivity index (χ0) is 24.0. The van der Waals surface area contributed by atoms with E-state index in [1.807, 2.05) is 12.1 Å². The summed E-state index contributed by atoms with van der Waals surface area (Å²) in [6.45, 7) is 9.94. The number of hydrogen-bond donors (Lipinski definition) is 3. The van der Waals surface area contributed by atoms with E-state index >= 15 is 0 Å². The van der Waals surface area contributed by atoms with E-state index in [0.717, 1.165) is 30.3 Å². The van der Waals surface area contributed by atoms with Gasteiger partial charge in [0.15, 0.2) is 5.78 Å². The highest BCUT2D eigenvalue weighted by Crippen LogP contribution is 2.18. The van der Waals surface area contributed by atoms with Crippen LogP contribution in [0.15, 0.2) is 49.1 Å². The molecule has 0 radical (unpaired) electrons. The van der Waals surface area contributed by atoms with Gasteiger partial charge in [-0.2, -0.15) is 0 Å². The van der Waals surface area contributed by atoms with E-state index in [-0.39, 0.29) is 11.7 Å². The van der Waals surface area contributed by atoms with Crippen molar-refractivity contribution in [2.45, 2.75) is 58.9 Å². The molecule has 0 spiro atoms. The zero-order valence-corrected chi connectivity index (χ0v) is 20.7. The largest absolute Gasteiger partial charge is 0.349 e. The minimum Gasteiger partial charge on any atom is -0.349 e. The average molecular weight is 465 g/mol. The van der Waals surface area contributed by atoms with Crippen LogP contribution in [0.1, 0.15) is 67.1 Å². The number of carbonyl (C=O) groups excluding carboxylic acids is 1. The molecule has 7 heteroatoms. The van der Waals surface area contributed by atoms with Crippen molar-refractivity contribution in [3.05, 3.63) is 71.8 Å². The van der Waals surface area contributed by atoms with Gasteiger partial charge in [0, 0.05) is 55.7 Å². The van der Waals surface area contributed by atoms with Gasteiger partial charge in [-0.05, 0) is 57.4 Å². The van der Waals surface area contributed by atoms with Crippen LogP contribution in [0.2, 0.25) is 0 Å². The number of nitrogens with zero attached hydrogens (tertiary/aromatic N) is 3. The number of benzene rings is 1. The van der Waals surface area contributed by atoms with Crippen molar-refractivity contribution in [2.24, 2.45) is 5.92 Å². The summed E-state index contributed by atoms with van der Waals surface area (Å²) in [5, 5.41) is 3.54. The second kappa shape index (κ2) is 14.5. The molecule has 7 nitrogen and oxygen atoms in total. The minimum absolute atomic E-state index is 0.121. The third kappa shape index (κ3) is 8.54. The molecule has 1 aromatic carbocycles. The highest BCUT2D eigenvalue weighted by molar-refractivity contribution is 5.98. The van der Waals surface area contributed by atoms with Crippen molar-refractivity contribution in [2.75, 3.05) is 26.2 Å². The number of Topliss-reactive ketones (excluding diaryl/α,β-unsaturated/α-hetero) is 1. The monoisotopic (exact) mass is 464 g/mol. The van der Waals surface area contributed by atoms with Gasteiger partial charge in [-0.1, -0.05) is 38.1 Å². The number of nitrogens with one attached hydrogen (secondary N) is 3. The maximum atomic E-state index is 13.3. The first-order valence-corrected chi connectivity index (χ1v) is 12.7. The molecule has 0 aliphatic rings. The predicted molar refractivity (Wildman–Crippen MR) is 137 cm³/mol. The van der Waals surface area contributed by atoms with Crippen molar-refractivity contribution < 1.29 is 4.79 Å². The molecule has 0 fully saturated rings. The Morgan fingerprint density at radius 1 is 0.912 bits per heavy atom. The van der Waals surface area contributed by atoms with Crippen LogP contribution < -0.4 is 5.32 Å². The maximum absolute atomic E-state index is 13.3. The first-order valence-electron chi connectivity index (χ1n) is 12.7. The molecule has 0 aliphatic carbocycles. The number of carbonyl (C=O) groups is 1. The Balaban J connectivity index is 1.46. The molecule has 0 saturated heterocycles. The van der Waals surface area contributed by atoms with Gasteiger partial charge in [-0.15, -0.1) is 0 Å². The third-order valence-electron chi connectivity index (χ3n) is 6.09. The van der Waals surface area contributed by atoms with E-state index in [4.69, 9.17) is 0 Å². The summed E-state index contributed by atoms with van der Waals surface area (Å²) in [5.41, 5.74) is 1.93. The minimum atomic E-state index is -0.221. The lowest BCUT2D eigenvalue weighted by atomic mass is 9.90. The Kier molecular flexibility index (Phi) is 11.0. The number of unbranched alkanes of at least 4 members (excludes halogenated alkanes) is 1. The zero-order valence-electron chi connectivity index (χ0n) is 20.7. The van der Waals surface area contributed by atoms with Gasteiger partial charge in [-0.3, -0.25) is 4.79 Å². The van der Waals surface area contributed by atoms with Gasteiger partial charge in [-0.25, -0.2) is 9.97 Å². The Bertz CT molecular complexity index is 878. The normalized spacial score (nSPS) is 11.5. The summed E-state index contributed by atoms with van der Waals surface area (Å²) in [6.07, 6.45) is 13.0. The molecule has 3 rings (SSSR count). The second-order valence-electron chi connectivity index (χ2n) is 8.96. The van der Waals surface area contributed by atoms with Crippen molar-refractivity contribution in [1.82, 2.24) is 30.2 Å². The van der Waals surface area contributed by atoms with Crippen LogP contribution in [-0.4, -0.2) is 56.8 Å². The summed E-state index contributed by atoms with van der Waals surface area (Å²) >= 11 is 0. The Hall–Kier alpha value is -2.77. The van der Waals surface area contributed by atoms with Gasteiger partial charge in [0.05, 0.1) is 0 Å². The summed E-state index contributed by atoms with van der Waals surface area (Å²) in [5.74, 6) is 1.54. The highest BCUT2D eigenvalue weighted by Gasteiger charge is 2.23. The topological polar surface area (TPSA) is 89.7 Å². The van der Waals surface area contributed by atoms with E-state index in [0.29, 0.717) is 12.8 Å². The first-order chi connectivity index (χ1) is 16.7. The lowest BCUT2D eigenvalue weighted by Crippen LogP contribution is -2.27. The molecule has 3 aromatic rings. The molecule has 0 saturated carbocycles. The van der Waals surface area contributed by atoms with Crippen LogP contribution in [0.25, 0.3) is 0 Å². The van der Waals surface area contributed by atoms with Crippen LogP contribution in [0.4, 0.5) is 0 Å². The Morgan fingerprint density at radius 3 is 2.06 bits per heavy atom. The molecule has 34 heavy (non-hydrogen) atoms. The average Bonchev–Trinajstić information content (AvgIpc) is 3.56. The summed E-state index contributed by atoms with van der Waals surface area (Å²) in [7, 11) is 0. The van der Waals surface area contributed by atoms with Crippen molar-refractivity contribution >= 4 is 5.78 Å². The van der Waals surface area contributed by atoms with Gasteiger partial charge < -0.3 is 20.2 Å². The number of imidazole rings is 2.